The summed E-state index contributed by atoms with van der Waals surface area (Å²) in [7, 11) is 0. The number of hydrogen-bond acceptors (Lipinski definition) is 1. The van der Waals surface area contributed by atoms with Crippen molar-refractivity contribution < 1.29 is 0 Å². The van der Waals surface area contributed by atoms with E-state index in [1.807, 2.05) is 19.9 Å². The first-order valence-electron chi connectivity index (χ1n) is 5.94. The van der Waals surface area contributed by atoms with Gasteiger partial charge in [-0.2, -0.15) is 0 Å². The van der Waals surface area contributed by atoms with Crippen molar-refractivity contribution in [3.63, 3.8) is 0 Å². The number of aromatic amines is 1. The van der Waals surface area contributed by atoms with Gasteiger partial charge in [0, 0.05) is 22.6 Å². The van der Waals surface area contributed by atoms with Gasteiger partial charge in [0.15, 0.2) is 5.43 Å². The van der Waals surface area contributed by atoms with E-state index in [0.717, 1.165) is 27.7 Å². The summed E-state index contributed by atoms with van der Waals surface area (Å²) in [5, 5.41) is 0.818. The molecule has 1 heterocycles. The van der Waals surface area contributed by atoms with Crippen LogP contribution in [0.3, 0.4) is 0 Å². The van der Waals surface area contributed by atoms with E-state index in [9.17, 15) is 4.79 Å². The summed E-state index contributed by atoms with van der Waals surface area (Å²) in [5.41, 5.74) is 4.20. The number of aryl methyl sites for hydroxylation is 2. The fraction of sp³-hybridized carbons (Fsp3) is 0.400. The monoisotopic (exact) mass is 229 g/mol. The van der Waals surface area contributed by atoms with Crippen molar-refractivity contribution in [2.24, 2.45) is 0 Å². The number of rotatable bonds is 0. The normalized spacial score (nSPS) is 12.1. The van der Waals surface area contributed by atoms with Gasteiger partial charge in [-0.05, 0) is 25.0 Å². The largest absolute Gasteiger partial charge is 0.358 e. The highest BCUT2D eigenvalue weighted by Gasteiger charge is 2.17. The quantitative estimate of drug-likeness (QED) is 0.737. The van der Waals surface area contributed by atoms with Crippen LogP contribution >= 0.6 is 0 Å². The SMILES string of the molecule is Cc1ccc(C)c2c(=O)cc(C(C)(C)C)[nH]c12. The number of benzene rings is 1. The van der Waals surface area contributed by atoms with E-state index in [1.54, 1.807) is 6.07 Å². The zero-order valence-corrected chi connectivity index (χ0v) is 11.1. The Morgan fingerprint density at radius 1 is 1.06 bits per heavy atom. The van der Waals surface area contributed by atoms with Crippen molar-refractivity contribution in [3.05, 3.63) is 45.2 Å². The molecule has 0 spiro atoms. The second kappa shape index (κ2) is 3.73. The lowest BCUT2D eigenvalue weighted by molar-refractivity contribution is 0.571. The van der Waals surface area contributed by atoms with E-state index in [2.05, 4.69) is 31.8 Å². The standard InChI is InChI=1S/C15H19NO/c1-9-6-7-10(2)14-13(9)11(17)8-12(16-14)15(3,4)5/h6-8H,1-5H3,(H,16,17). The van der Waals surface area contributed by atoms with Crippen LogP contribution in [0.5, 0.6) is 0 Å². The van der Waals surface area contributed by atoms with Crippen molar-refractivity contribution >= 4 is 10.9 Å². The molecule has 0 unspecified atom stereocenters. The number of aromatic nitrogens is 1. The van der Waals surface area contributed by atoms with Crippen LogP contribution < -0.4 is 5.43 Å². The Morgan fingerprint density at radius 2 is 1.65 bits per heavy atom. The molecule has 17 heavy (non-hydrogen) atoms. The molecule has 0 aliphatic heterocycles. The molecule has 0 bridgehead atoms. The maximum Gasteiger partial charge on any atom is 0.189 e. The van der Waals surface area contributed by atoms with E-state index in [4.69, 9.17) is 0 Å². The molecule has 0 saturated carbocycles. The van der Waals surface area contributed by atoms with Crippen LogP contribution in [0.15, 0.2) is 23.0 Å². The number of pyridine rings is 1. The Bertz CT molecular complexity index is 630. The summed E-state index contributed by atoms with van der Waals surface area (Å²) in [4.78, 5) is 15.6. The highest BCUT2D eigenvalue weighted by Crippen LogP contribution is 2.23. The first kappa shape index (κ1) is 11.9. The molecule has 0 atom stereocenters. The lowest BCUT2D eigenvalue weighted by atomic mass is 9.90. The minimum atomic E-state index is -0.0382. The van der Waals surface area contributed by atoms with Crippen LogP contribution in [-0.2, 0) is 5.41 Å². The van der Waals surface area contributed by atoms with Crippen molar-refractivity contribution in [3.8, 4) is 0 Å². The van der Waals surface area contributed by atoms with Crippen LogP contribution in [0.1, 0.15) is 37.6 Å². The summed E-state index contributed by atoms with van der Waals surface area (Å²) in [6.07, 6.45) is 0. The number of nitrogens with one attached hydrogen (secondary N) is 1. The molecule has 0 aliphatic rings. The molecule has 2 heteroatoms. The average molecular weight is 229 g/mol. The molecule has 1 N–H and O–H groups in total. The summed E-state index contributed by atoms with van der Waals surface area (Å²) in [6, 6.07) is 5.79. The Labute approximate surface area is 102 Å². The molecule has 0 saturated heterocycles. The van der Waals surface area contributed by atoms with Gasteiger partial charge in [0.1, 0.15) is 0 Å². The highest BCUT2D eigenvalue weighted by molar-refractivity contribution is 5.84. The fourth-order valence-electron chi connectivity index (χ4n) is 2.07. The van der Waals surface area contributed by atoms with Crippen LogP contribution in [0.2, 0.25) is 0 Å². The van der Waals surface area contributed by atoms with Gasteiger partial charge >= 0.3 is 0 Å². The molecule has 1 aromatic heterocycles. The summed E-state index contributed by atoms with van der Waals surface area (Å²) in [6.45, 7) is 10.3. The highest BCUT2D eigenvalue weighted by atomic mass is 16.1. The number of fused-ring (bicyclic) bond motifs is 1. The average Bonchev–Trinajstić information content (AvgIpc) is 2.21. The zero-order valence-electron chi connectivity index (χ0n) is 11.1. The van der Waals surface area contributed by atoms with Crippen molar-refractivity contribution in [2.75, 3.05) is 0 Å². The third kappa shape index (κ3) is 1.99. The minimum absolute atomic E-state index is 0.0382. The summed E-state index contributed by atoms with van der Waals surface area (Å²) < 4.78 is 0. The van der Waals surface area contributed by atoms with E-state index in [1.165, 1.54) is 0 Å². The summed E-state index contributed by atoms with van der Waals surface area (Å²) >= 11 is 0. The third-order valence-corrected chi connectivity index (χ3v) is 3.21. The predicted molar refractivity (Wildman–Crippen MR) is 72.7 cm³/mol. The third-order valence-electron chi connectivity index (χ3n) is 3.21. The van der Waals surface area contributed by atoms with Crippen LogP contribution in [0.25, 0.3) is 10.9 Å². The fourth-order valence-corrected chi connectivity index (χ4v) is 2.07. The first-order valence-corrected chi connectivity index (χ1v) is 5.94. The maximum atomic E-state index is 12.2. The van der Waals surface area contributed by atoms with Gasteiger partial charge in [-0.3, -0.25) is 4.79 Å². The molecule has 0 fully saturated rings. The molecule has 0 aliphatic carbocycles. The molecule has 0 amide bonds. The van der Waals surface area contributed by atoms with Crippen molar-refractivity contribution in [1.29, 1.82) is 0 Å². The zero-order chi connectivity index (χ0) is 12.8. The van der Waals surface area contributed by atoms with Gasteiger partial charge < -0.3 is 4.98 Å². The maximum absolute atomic E-state index is 12.2. The van der Waals surface area contributed by atoms with Crippen molar-refractivity contribution in [2.45, 2.75) is 40.0 Å². The van der Waals surface area contributed by atoms with E-state index >= 15 is 0 Å². The topological polar surface area (TPSA) is 32.9 Å². The van der Waals surface area contributed by atoms with Gasteiger partial charge in [-0.1, -0.05) is 32.9 Å². The Balaban J connectivity index is 2.92. The first-order chi connectivity index (χ1) is 7.80. The molecule has 0 radical (unpaired) electrons. The Morgan fingerprint density at radius 3 is 2.24 bits per heavy atom. The van der Waals surface area contributed by atoms with Gasteiger partial charge in [0.25, 0.3) is 0 Å². The van der Waals surface area contributed by atoms with Crippen LogP contribution in [0.4, 0.5) is 0 Å². The van der Waals surface area contributed by atoms with Gasteiger partial charge in [0.05, 0.1) is 5.52 Å². The van der Waals surface area contributed by atoms with Gasteiger partial charge in [0.2, 0.25) is 0 Å². The second-order valence-corrected chi connectivity index (χ2v) is 5.75. The Kier molecular flexibility index (Phi) is 2.61. The predicted octanol–water partition coefficient (Wildman–Crippen LogP) is 3.44. The van der Waals surface area contributed by atoms with Crippen molar-refractivity contribution in [1.82, 2.24) is 4.98 Å². The molecule has 2 nitrogen and oxygen atoms in total. The van der Waals surface area contributed by atoms with E-state index < -0.39 is 0 Å². The lowest BCUT2D eigenvalue weighted by Crippen LogP contribution is -2.18. The molecule has 1 aromatic carbocycles. The molecule has 2 aromatic rings. The van der Waals surface area contributed by atoms with Crippen LogP contribution in [0, 0.1) is 13.8 Å². The van der Waals surface area contributed by atoms with E-state index in [0.29, 0.717) is 0 Å². The lowest BCUT2D eigenvalue weighted by Gasteiger charge is -2.20. The molecular weight excluding hydrogens is 210 g/mol. The minimum Gasteiger partial charge on any atom is -0.358 e. The molecular formula is C15H19NO. The van der Waals surface area contributed by atoms with Crippen LogP contribution in [-0.4, -0.2) is 4.98 Å². The molecule has 90 valence electrons. The smallest absolute Gasteiger partial charge is 0.189 e. The Hall–Kier alpha value is -1.57. The molecule has 2 rings (SSSR count). The number of H-pyrrole nitrogens is 1. The van der Waals surface area contributed by atoms with Gasteiger partial charge in [-0.15, -0.1) is 0 Å². The van der Waals surface area contributed by atoms with E-state index in [-0.39, 0.29) is 10.8 Å². The second-order valence-electron chi connectivity index (χ2n) is 5.75. The summed E-state index contributed by atoms with van der Waals surface area (Å²) in [5.74, 6) is 0. The van der Waals surface area contributed by atoms with Gasteiger partial charge in [-0.25, -0.2) is 0 Å². The number of hydrogen-bond donors (Lipinski definition) is 1.